The molecule has 1 saturated heterocycles. The number of fused-ring (bicyclic) bond motifs is 1. The lowest BCUT2D eigenvalue weighted by Gasteiger charge is -2.35. The summed E-state index contributed by atoms with van der Waals surface area (Å²) in [5.41, 5.74) is 6.91. The minimum atomic E-state index is -0.0725. The van der Waals surface area contributed by atoms with Gasteiger partial charge in [0, 0.05) is 39.1 Å². The van der Waals surface area contributed by atoms with E-state index in [4.69, 9.17) is 5.73 Å². The van der Waals surface area contributed by atoms with Crippen LogP contribution in [0.2, 0.25) is 0 Å². The average molecular weight is 487 g/mol. The number of aromatic nitrogens is 4. The third kappa shape index (κ3) is 10.1. The Bertz CT molecular complexity index is 875. The number of anilines is 2. The number of H-pyrrole nitrogens is 1. The number of nitrogens with zero attached hydrogens (tertiary/aromatic N) is 5. The number of piperazine rings is 1. The van der Waals surface area contributed by atoms with Crippen LogP contribution in [0.25, 0.3) is 11.2 Å². The summed E-state index contributed by atoms with van der Waals surface area (Å²) < 4.78 is 0. The number of aromatic amines is 1. The number of amides is 1. The molecule has 0 aliphatic carbocycles. The zero-order valence-corrected chi connectivity index (χ0v) is 21.9. The van der Waals surface area contributed by atoms with E-state index in [2.05, 4.69) is 48.9 Å². The molecule has 3 rings (SSSR count). The molecule has 9 heteroatoms. The Morgan fingerprint density at radius 2 is 1.54 bits per heavy atom. The van der Waals surface area contributed by atoms with Crippen LogP contribution in [0.5, 0.6) is 0 Å². The lowest BCUT2D eigenvalue weighted by Crippen LogP contribution is -2.47. The molecule has 9 nitrogen and oxygen atoms in total. The van der Waals surface area contributed by atoms with E-state index in [1.165, 1.54) is 97.0 Å². The monoisotopic (exact) mass is 486 g/mol. The molecule has 3 heterocycles. The van der Waals surface area contributed by atoms with Gasteiger partial charge in [-0.3, -0.25) is 10.1 Å². The van der Waals surface area contributed by atoms with Gasteiger partial charge in [-0.25, -0.2) is 4.98 Å². The summed E-state index contributed by atoms with van der Waals surface area (Å²) in [6.07, 6.45) is 14.5. The van der Waals surface area contributed by atoms with Crippen LogP contribution in [0.3, 0.4) is 0 Å². The highest BCUT2D eigenvalue weighted by molar-refractivity contribution is 5.91. The highest BCUT2D eigenvalue weighted by Crippen LogP contribution is 2.16. The second-order valence-corrected chi connectivity index (χ2v) is 10.4. The number of imidazole rings is 1. The fourth-order valence-corrected chi connectivity index (χ4v) is 4.85. The summed E-state index contributed by atoms with van der Waals surface area (Å²) in [7, 11) is 0. The Morgan fingerprint density at radius 1 is 0.943 bits per heavy atom. The van der Waals surface area contributed by atoms with Gasteiger partial charge in [0.15, 0.2) is 11.5 Å². The van der Waals surface area contributed by atoms with Gasteiger partial charge in [0.05, 0.1) is 6.33 Å². The third-order valence-corrected chi connectivity index (χ3v) is 6.78. The van der Waals surface area contributed by atoms with Crippen LogP contribution in [-0.2, 0) is 4.79 Å². The smallest absolute Gasteiger partial charge is 0.233 e. The lowest BCUT2D eigenvalue weighted by molar-refractivity contribution is -0.116. The molecule has 1 amide bonds. The molecule has 2 aromatic heterocycles. The van der Waals surface area contributed by atoms with Crippen LogP contribution in [0, 0.1) is 5.92 Å². The van der Waals surface area contributed by atoms with E-state index in [1.807, 2.05) is 0 Å². The number of hydrogen-bond acceptors (Lipinski definition) is 7. The number of hydrogen-bond donors (Lipinski definition) is 3. The maximum atomic E-state index is 12.1. The van der Waals surface area contributed by atoms with E-state index in [0.29, 0.717) is 23.4 Å². The molecule has 2 aromatic rings. The Labute approximate surface area is 210 Å². The van der Waals surface area contributed by atoms with Crippen molar-refractivity contribution in [1.29, 1.82) is 0 Å². The van der Waals surface area contributed by atoms with E-state index >= 15 is 0 Å². The van der Waals surface area contributed by atoms with Crippen LogP contribution >= 0.6 is 0 Å². The van der Waals surface area contributed by atoms with Gasteiger partial charge >= 0.3 is 0 Å². The van der Waals surface area contributed by atoms with Crippen LogP contribution in [-0.4, -0.2) is 74.9 Å². The number of unbranched alkanes of at least 4 members (excludes halogenated alkanes) is 9. The van der Waals surface area contributed by atoms with E-state index < -0.39 is 0 Å². The highest BCUT2D eigenvalue weighted by atomic mass is 16.1. The molecule has 35 heavy (non-hydrogen) atoms. The lowest BCUT2D eigenvalue weighted by atomic mass is 10.1. The summed E-state index contributed by atoms with van der Waals surface area (Å²) >= 11 is 0. The topological polar surface area (TPSA) is 116 Å². The van der Waals surface area contributed by atoms with Gasteiger partial charge in [0.2, 0.25) is 11.9 Å². The summed E-state index contributed by atoms with van der Waals surface area (Å²) in [5, 5.41) is 2.73. The van der Waals surface area contributed by atoms with Gasteiger partial charge in [0.25, 0.3) is 0 Å². The molecule has 0 aromatic carbocycles. The van der Waals surface area contributed by atoms with Gasteiger partial charge in [0.1, 0.15) is 5.52 Å². The maximum Gasteiger partial charge on any atom is 0.233 e. The normalized spacial score (nSPS) is 15.3. The van der Waals surface area contributed by atoms with Crippen molar-refractivity contribution >= 4 is 28.8 Å². The van der Waals surface area contributed by atoms with Crippen molar-refractivity contribution in [3.63, 3.8) is 0 Å². The minimum absolute atomic E-state index is 0.0725. The molecule has 0 radical (unpaired) electrons. The van der Waals surface area contributed by atoms with E-state index in [0.717, 1.165) is 18.8 Å². The molecule has 1 aliphatic heterocycles. The van der Waals surface area contributed by atoms with Gasteiger partial charge < -0.3 is 20.5 Å². The van der Waals surface area contributed by atoms with Gasteiger partial charge in [-0.15, -0.1) is 0 Å². The standard InChI is InChI=1S/C26H46N8O/c1-21(2)19-34-17-15-33(16-18-34)14-12-10-8-6-4-3-5-7-9-11-13-22(35)30-26-31-24(27)23-25(32-26)29-20-28-23/h20-21H,3-19H2,1-2H3,(H4,27,28,29,30,31,32,35). The summed E-state index contributed by atoms with van der Waals surface area (Å²) in [6, 6.07) is 0. The van der Waals surface area contributed by atoms with Crippen LogP contribution < -0.4 is 11.1 Å². The van der Waals surface area contributed by atoms with Gasteiger partial charge in [-0.1, -0.05) is 65.2 Å². The van der Waals surface area contributed by atoms with Crippen molar-refractivity contribution in [2.45, 2.75) is 84.5 Å². The second kappa shape index (κ2) is 15.0. The quantitative estimate of drug-likeness (QED) is 0.300. The number of nitrogens with one attached hydrogen (secondary N) is 2. The zero-order chi connectivity index (χ0) is 24.9. The fraction of sp³-hybridized carbons (Fsp3) is 0.769. The molecule has 1 fully saturated rings. The zero-order valence-electron chi connectivity index (χ0n) is 21.9. The molecule has 0 atom stereocenters. The van der Waals surface area contributed by atoms with Gasteiger partial charge in [-0.2, -0.15) is 9.97 Å². The number of nitrogens with two attached hydrogens (primary N) is 1. The number of carbonyl (C=O) groups excluding carboxylic acids is 1. The number of carbonyl (C=O) groups is 1. The van der Waals surface area contributed by atoms with Crippen molar-refractivity contribution < 1.29 is 4.79 Å². The first-order chi connectivity index (χ1) is 17.0. The first kappa shape index (κ1) is 27.3. The molecule has 1 aliphatic rings. The van der Waals surface area contributed by atoms with Crippen LogP contribution in [0.1, 0.15) is 84.5 Å². The van der Waals surface area contributed by atoms with Crippen molar-refractivity contribution in [2.75, 3.05) is 50.3 Å². The highest BCUT2D eigenvalue weighted by Gasteiger charge is 2.16. The molecule has 0 saturated carbocycles. The largest absolute Gasteiger partial charge is 0.382 e. The van der Waals surface area contributed by atoms with Gasteiger partial charge in [-0.05, 0) is 25.3 Å². The van der Waals surface area contributed by atoms with E-state index in [-0.39, 0.29) is 11.9 Å². The van der Waals surface area contributed by atoms with Crippen molar-refractivity contribution in [1.82, 2.24) is 29.7 Å². The second-order valence-electron chi connectivity index (χ2n) is 10.4. The molecule has 0 unspecified atom stereocenters. The predicted octanol–water partition coefficient (Wildman–Crippen LogP) is 4.44. The summed E-state index contributed by atoms with van der Waals surface area (Å²) in [5.74, 6) is 1.21. The maximum absolute atomic E-state index is 12.1. The molecular weight excluding hydrogens is 440 g/mol. The van der Waals surface area contributed by atoms with Crippen molar-refractivity contribution in [3.05, 3.63) is 6.33 Å². The summed E-state index contributed by atoms with van der Waals surface area (Å²) in [6.45, 7) is 12.1. The minimum Gasteiger partial charge on any atom is -0.382 e. The Kier molecular flexibility index (Phi) is 11.7. The molecule has 196 valence electrons. The molecule has 4 N–H and O–H groups in total. The number of nitrogen functional groups attached to an aromatic ring is 1. The summed E-state index contributed by atoms with van der Waals surface area (Å²) in [4.78, 5) is 32.7. The van der Waals surface area contributed by atoms with Crippen LogP contribution in [0.4, 0.5) is 11.8 Å². The first-order valence-corrected chi connectivity index (χ1v) is 13.7. The third-order valence-electron chi connectivity index (χ3n) is 6.78. The Hall–Kier alpha value is -2.26. The van der Waals surface area contributed by atoms with Crippen molar-refractivity contribution in [2.24, 2.45) is 5.92 Å². The van der Waals surface area contributed by atoms with E-state index in [1.54, 1.807) is 0 Å². The molecular formula is C26H46N8O. The predicted molar refractivity (Wildman–Crippen MR) is 143 cm³/mol. The van der Waals surface area contributed by atoms with E-state index in [9.17, 15) is 4.79 Å². The Balaban J connectivity index is 1.10. The molecule has 0 bridgehead atoms. The molecule has 0 spiro atoms. The Morgan fingerprint density at radius 3 is 2.20 bits per heavy atom. The SMILES string of the molecule is CC(C)CN1CCN(CCCCCCCCCCCCC(=O)Nc2nc(N)c3[nH]cnc3n2)CC1. The number of rotatable bonds is 16. The first-order valence-electron chi connectivity index (χ1n) is 13.7. The average Bonchev–Trinajstić information content (AvgIpc) is 3.30. The fourth-order valence-electron chi connectivity index (χ4n) is 4.85. The van der Waals surface area contributed by atoms with Crippen LogP contribution in [0.15, 0.2) is 6.33 Å². The van der Waals surface area contributed by atoms with Crippen molar-refractivity contribution in [3.8, 4) is 0 Å².